The average molecular weight is 269 g/mol. The van der Waals surface area contributed by atoms with E-state index >= 15 is 0 Å². The molecule has 94 valence electrons. The van der Waals surface area contributed by atoms with E-state index in [0.717, 1.165) is 5.69 Å². The number of amides is 1. The lowest BCUT2D eigenvalue weighted by molar-refractivity contribution is 0.103. The Morgan fingerprint density at radius 3 is 2.79 bits per heavy atom. The number of nitrogens with one attached hydrogen (secondary N) is 1. The van der Waals surface area contributed by atoms with Crippen LogP contribution in [0.4, 0.5) is 5.69 Å². The molecule has 3 rings (SSSR count). The van der Waals surface area contributed by atoms with Crippen molar-refractivity contribution in [3.8, 4) is 5.69 Å². The number of rotatable bonds is 3. The normalized spacial score (nSPS) is 10.3. The van der Waals surface area contributed by atoms with Crippen molar-refractivity contribution in [1.82, 2.24) is 9.55 Å². The molecule has 0 radical (unpaired) electrons. The van der Waals surface area contributed by atoms with Gasteiger partial charge in [0.25, 0.3) is 5.91 Å². The highest BCUT2D eigenvalue weighted by atomic mass is 32.1. The summed E-state index contributed by atoms with van der Waals surface area (Å²) in [7, 11) is 0. The second-order valence-electron chi connectivity index (χ2n) is 3.92. The standard InChI is InChI=1S/C14H11N3OS/c18-14(16-11-4-3-6-15-10-11)13-12(5-9-19-13)17-7-1-2-8-17/h1-10H,(H,16,18). The van der Waals surface area contributed by atoms with E-state index in [1.54, 1.807) is 18.5 Å². The minimum Gasteiger partial charge on any atom is -0.322 e. The van der Waals surface area contributed by atoms with Gasteiger partial charge in [-0.3, -0.25) is 9.78 Å². The zero-order chi connectivity index (χ0) is 13.1. The van der Waals surface area contributed by atoms with Crippen LogP contribution in [0.3, 0.4) is 0 Å². The lowest BCUT2D eigenvalue weighted by Gasteiger charge is -2.06. The molecule has 0 aliphatic rings. The molecule has 3 heterocycles. The summed E-state index contributed by atoms with van der Waals surface area (Å²) < 4.78 is 1.93. The number of carbonyl (C=O) groups excluding carboxylic acids is 1. The Kier molecular flexibility index (Phi) is 3.12. The summed E-state index contributed by atoms with van der Waals surface area (Å²) in [5.41, 5.74) is 1.58. The molecule has 0 fully saturated rings. The maximum atomic E-state index is 12.2. The summed E-state index contributed by atoms with van der Waals surface area (Å²) in [6.07, 6.45) is 7.14. The van der Waals surface area contributed by atoms with Gasteiger partial charge >= 0.3 is 0 Å². The first kappa shape index (κ1) is 11.7. The summed E-state index contributed by atoms with van der Waals surface area (Å²) in [5.74, 6) is -0.119. The van der Waals surface area contributed by atoms with Crippen molar-refractivity contribution in [3.63, 3.8) is 0 Å². The number of hydrogen-bond donors (Lipinski definition) is 1. The van der Waals surface area contributed by atoms with E-state index in [0.29, 0.717) is 10.6 Å². The fourth-order valence-corrected chi connectivity index (χ4v) is 2.58. The SMILES string of the molecule is O=C(Nc1cccnc1)c1sccc1-n1cccc1. The van der Waals surface area contributed by atoms with E-state index in [1.165, 1.54) is 11.3 Å². The van der Waals surface area contributed by atoms with Crippen molar-refractivity contribution in [2.24, 2.45) is 0 Å². The van der Waals surface area contributed by atoms with Gasteiger partial charge in [-0.05, 0) is 35.7 Å². The summed E-state index contributed by atoms with van der Waals surface area (Å²) in [6.45, 7) is 0. The Morgan fingerprint density at radius 1 is 1.21 bits per heavy atom. The van der Waals surface area contributed by atoms with Crippen molar-refractivity contribution in [3.05, 3.63) is 65.4 Å². The third-order valence-electron chi connectivity index (χ3n) is 2.65. The molecule has 3 aromatic heterocycles. The van der Waals surface area contributed by atoms with Gasteiger partial charge in [-0.15, -0.1) is 11.3 Å². The first-order valence-electron chi connectivity index (χ1n) is 5.77. The molecular weight excluding hydrogens is 258 g/mol. The van der Waals surface area contributed by atoms with E-state index in [9.17, 15) is 4.79 Å². The first-order chi connectivity index (χ1) is 9.34. The largest absolute Gasteiger partial charge is 0.322 e. The maximum Gasteiger partial charge on any atom is 0.267 e. The number of anilines is 1. The molecule has 4 nitrogen and oxygen atoms in total. The van der Waals surface area contributed by atoms with Crippen LogP contribution in [0.25, 0.3) is 5.69 Å². The lowest BCUT2D eigenvalue weighted by atomic mass is 10.3. The Bertz CT molecular complexity index is 674. The molecule has 1 amide bonds. The molecule has 0 bridgehead atoms. The minimum absolute atomic E-state index is 0.119. The monoisotopic (exact) mass is 269 g/mol. The molecule has 0 saturated heterocycles. The molecule has 0 aliphatic carbocycles. The highest BCUT2D eigenvalue weighted by Crippen LogP contribution is 2.22. The van der Waals surface area contributed by atoms with E-state index in [4.69, 9.17) is 0 Å². The van der Waals surface area contributed by atoms with Crippen molar-refractivity contribution in [2.45, 2.75) is 0 Å². The van der Waals surface area contributed by atoms with Crippen LogP contribution in [-0.2, 0) is 0 Å². The number of hydrogen-bond acceptors (Lipinski definition) is 3. The molecule has 0 aliphatic heterocycles. The van der Waals surface area contributed by atoms with Gasteiger partial charge in [-0.2, -0.15) is 0 Å². The van der Waals surface area contributed by atoms with Crippen LogP contribution in [-0.4, -0.2) is 15.5 Å². The van der Waals surface area contributed by atoms with E-state index < -0.39 is 0 Å². The summed E-state index contributed by atoms with van der Waals surface area (Å²) in [5, 5.41) is 4.75. The van der Waals surface area contributed by atoms with E-state index in [1.807, 2.05) is 46.6 Å². The number of pyridine rings is 1. The van der Waals surface area contributed by atoms with Gasteiger partial charge in [-0.1, -0.05) is 0 Å². The molecule has 3 aromatic rings. The molecular formula is C14H11N3OS. The summed E-state index contributed by atoms with van der Waals surface area (Å²) in [6, 6.07) is 9.40. The van der Waals surface area contributed by atoms with Crippen LogP contribution in [0.15, 0.2) is 60.5 Å². The topological polar surface area (TPSA) is 46.9 Å². The van der Waals surface area contributed by atoms with Gasteiger partial charge in [0.15, 0.2) is 0 Å². The third-order valence-corrected chi connectivity index (χ3v) is 3.56. The number of nitrogens with zero attached hydrogens (tertiary/aromatic N) is 2. The van der Waals surface area contributed by atoms with Crippen molar-refractivity contribution in [1.29, 1.82) is 0 Å². The highest BCUT2D eigenvalue weighted by molar-refractivity contribution is 7.12. The Balaban J connectivity index is 1.87. The van der Waals surface area contributed by atoms with Gasteiger partial charge in [0.05, 0.1) is 17.6 Å². The predicted octanol–water partition coefficient (Wildman–Crippen LogP) is 3.19. The van der Waals surface area contributed by atoms with Crippen molar-refractivity contribution >= 4 is 22.9 Å². The minimum atomic E-state index is -0.119. The zero-order valence-corrected chi connectivity index (χ0v) is 10.8. The van der Waals surface area contributed by atoms with Crippen LogP contribution >= 0.6 is 11.3 Å². The Morgan fingerprint density at radius 2 is 2.05 bits per heavy atom. The fraction of sp³-hybridized carbons (Fsp3) is 0. The molecule has 0 spiro atoms. The first-order valence-corrected chi connectivity index (χ1v) is 6.65. The van der Waals surface area contributed by atoms with Crippen LogP contribution < -0.4 is 5.32 Å². The second-order valence-corrected chi connectivity index (χ2v) is 4.84. The van der Waals surface area contributed by atoms with Crippen molar-refractivity contribution < 1.29 is 4.79 Å². The highest BCUT2D eigenvalue weighted by Gasteiger charge is 2.14. The Labute approximate surface area is 114 Å². The number of carbonyl (C=O) groups is 1. The molecule has 0 aromatic carbocycles. The fourth-order valence-electron chi connectivity index (χ4n) is 1.80. The molecule has 1 N–H and O–H groups in total. The number of aromatic nitrogens is 2. The van der Waals surface area contributed by atoms with Gasteiger partial charge in [0.2, 0.25) is 0 Å². The molecule has 19 heavy (non-hydrogen) atoms. The third kappa shape index (κ3) is 2.41. The van der Waals surface area contributed by atoms with Gasteiger partial charge in [0.1, 0.15) is 4.88 Å². The van der Waals surface area contributed by atoms with Crippen LogP contribution in [0, 0.1) is 0 Å². The summed E-state index contributed by atoms with van der Waals surface area (Å²) in [4.78, 5) is 16.9. The van der Waals surface area contributed by atoms with Crippen LogP contribution in [0.1, 0.15) is 9.67 Å². The van der Waals surface area contributed by atoms with Gasteiger partial charge in [-0.25, -0.2) is 0 Å². The molecule has 0 atom stereocenters. The maximum absolute atomic E-state index is 12.2. The van der Waals surface area contributed by atoms with Gasteiger partial charge < -0.3 is 9.88 Å². The lowest BCUT2D eigenvalue weighted by Crippen LogP contribution is -2.12. The van der Waals surface area contributed by atoms with Crippen LogP contribution in [0.2, 0.25) is 0 Å². The average Bonchev–Trinajstić information content (AvgIpc) is 3.10. The number of thiophene rings is 1. The van der Waals surface area contributed by atoms with Gasteiger partial charge in [0, 0.05) is 18.6 Å². The zero-order valence-electron chi connectivity index (χ0n) is 9.98. The predicted molar refractivity (Wildman–Crippen MR) is 75.8 cm³/mol. The van der Waals surface area contributed by atoms with E-state index in [-0.39, 0.29) is 5.91 Å². The molecule has 5 heteroatoms. The molecule has 0 saturated carbocycles. The van der Waals surface area contributed by atoms with E-state index in [2.05, 4.69) is 10.3 Å². The Hall–Kier alpha value is -2.40. The second kappa shape index (κ2) is 5.07. The molecule has 0 unspecified atom stereocenters. The smallest absolute Gasteiger partial charge is 0.267 e. The van der Waals surface area contributed by atoms with Crippen LogP contribution in [0.5, 0.6) is 0 Å². The summed E-state index contributed by atoms with van der Waals surface area (Å²) >= 11 is 1.42. The quantitative estimate of drug-likeness (QED) is 0.793. The van der Waals surface area contributed by atoms with Crippen molar-refractivity contribution in [2.75, 3.05) is 5.32 Å².